The highest BCUT2D eigenvalue weighted by molar-refractivity contribution is 5.82. The van der Waals surface area contributed by atoms with E-state index in [1.54, 1.807) is 7.11 Å². The van der Waals surface area contributed by atoms with Crippen LogP contribution in [-0.2, 0) is 11.2 Å². The summed E-state index contributed by atoms with van der Waals surface area (Å²) < 4.78 is 5.18. The van der Waals surface area contributed by atoms with Crippen molar-refractivity contribution in [3.05, 3.63) is 29.8 Å². The van der Waals surface area contributed by atoms with Gasteiger partial charge in [-0.25, -0.2) is 0 Å². The SMILES string of the molecule is COc1ccc(CC[C@@H](C)NC(=O)[C@@H]2CN3CCCN2CC3)cc1. The molecule has 3 aliphatic heterocycles. The van der Waals surface area contributed by atoms with E-state index in [0.717, 1.165) is 51.3 Å². The minimum Gasteiger partial charge on any atom is -0.497 e. The van der Waals surface area contributed by atoms with Crippen molar-refractivity contribution in [1.29, 1.82) is 0 Å². The lowest BCUT2D eigenvalue weighted by Crippen LogP contribution is -2.57. The lowest BCUT2D eigenvalue weighted by atomic mass is 10.1. The van der Waals surface area contributed by atoms with Crippen LogP contribution in [0.5, 0.6) is 5.75 Å². The van der Waals surface area contributed by atoms with Gasteiger partial charge < -0.3 is 10.1 Å². The molecule has 132 valence electrons. The van der Waals surface area contributed by atoms with Gasteiger partial charge in [0.2, 0.25) is 5.91 Å². The molecule has 0 aliphatic carbocycles. The molecule has 0 aromatic heterocycles. The standard InChI is InChI=1S/C19H29N3O2/c1-15(4-5-16-6-8-17(24-2)9-7-16)20-19(23)18-14-21-10-3-11-22(18)13-12-21/h6-9,15,18H,3-5,10-14H2,1-2H3,(H,20,23)/t15-,18+/m1/s1. The number of methoxy groups -OCH3 is 1. The Bertz CT molecular complexity index is 542. The van der Waals surface area contributed by atoms with E-state index in [9.17, 15) is 4.79 Å². The van der Waals surface area contributed by atoms with Gasteiger partial charge in [0.25, 0.3) is 0 Å². The Hall–Kier alpha value is -1.59. The van der Waals surface area contributed by atoms with Crippen molar-refractivity contribution in [3.8, 4) is 5.75 Å². The van der Waals surface area contributed by atoms with Crippen LogP contribution in [0.25, 0.3) is 0 Å². The molecule has 3 fully saturated rings. The number of rotatable bonds is 6. The molecule has 2 bridgehead atoms. The smallest absolute Gasteiger partial charge is 0.238 e. The largest absolute Gasteiger partial charge is 0.497 e. The highest BCUT2D eigenvalue weighted by atomic mass is 16.5. The maximum atomic E-state index is 12.7. The molecule has 0 radical (unpaired) electrons. The summed E-state index contributed by atoms with van der Waals surface area (Å²) in [5.74, 6) is 1.08. The van der Waals surface area contributed by atoms with Crippen molar-refractivity contribution in [2.75, 3.05) is 39.8 Å². The lowest BCUT2D eigenvalue weighted by Gasteiger charge is -2.37. The number of benzene rings is 1. The number of aryl methyl sites for hydroxylation is 1. The number of nitrogens with one attached hydrogen (secondary N) is 1. The fourth-order valence-corrected chi connectivity index (χ4v) is 3.68. The molecule has 1 aromatic rings. The normalized spacial score (nSPS) is 27.3. The Morgan fingerprint density at radius 2 is 2.04 bits per heavy atom. The third kappa shape index (κ3) is 4.28. The quantitative estimate of drug-likeness (QED) is 0.858. The summed E-state index contributed by atoms with van der Waals surface area (Å²) in [5, 5.41) is 3.22. The molecule has 0 spiro atoms. The predicted octanol–water partition coefficient (Wildman–Crippen LogP) is 1.52. The summed E-state index contributed by atoms with van der Waals surface area (Å²) in [7, 11) is 1.68. The van der Waals surface area contributed by atoms with Gasteiger partial charge in [0.15, 0.2) is 0 Å². The molecule has 3 saturated heterocycles. The van der Waals surface area contributed by atoms with Gasteiger partial charge in [0.05, 0.1) is 7.11 Å². The fraction of sp³-hybridized carbons (Fsp3) is 0.632. The first-order chi connectivity index (χ1) is 11.7. The molecule has 1 N–H and O–H groups in total. The molecule has 1 aromatic carbocycles. The van der Waals surface area contributed by atoms with Crippen molar-refractivity contribution in [3.63, 3.8) is 0 Å². The van der Waals surface area contributed by atoms with Crippen molar-refractivity contribution >= 4 is 5.91 Å². The van der Waals surface area contributed by atoms with Crippen LogP contribution in [0.15, 0.2) is 24.3 Å². The number of nitrogens with zero attached hydrogens (tertiary/aromatic N) is 2. The minimum atomic E-state index is 0.0321. The van der Waals surface area contributed by atoms with E-state index in [1.807, 2.05) is 12.1 Å². The molecule has 5 nitrogen and oxygen atoms in total. The Labute approximate surface area is 145 Å². The van der Waals surface area contributed by atoms with Gasteiger partial charge in [-0.2, -0.15) is 0 Å². The van der Waals surface area contributed by atoms with Crippen molar-refractivity contribution in [1.82, 2.24) is 15.1 Å². The Kier molecular flexibility index (Phi) is 5.74. The van der Waals surface area contributed by atoms with Crippen LogP contribution >= 0.6 is 0 Å². The van der Waals surface area contributed by atoms with E-state index in [4.69, 9.17) is 4.74 Å². The average Bonchev–Trinajstić information content (AvgIpc) is 2.96. The molecule has 3 heterocycles. The number of hydrogen-bond acceptors (Lipinski definition) is 4. The zero-order valence-electron chi connectivity index (χ0n) is 14.8. The number of piperazine rings is 1. The number of ether oxygens (including phenoxy) is 1. The monoisotopic (exact) mass is 331 g/mol. The third-order valence-electron chi connectivity index (χ3n) is 5.21. The van der Waals surface area contributed by atoms with Crippen molar-refractivity contribution in [2.45, 2.75) is 38.3 Å². The zero-order valence-corrected chi connectivity index (χ0v) is 14.8. The summed E-state index contributed by atoms with van der Waals surface area (Å²) in [6.07, 6.45) is 3.09. The molecule has 4 rings (SSSR count). The van der Waals surface area contributed by atoms with Crippen LogP contribution in [0.3, 0.4) is 0 Å². The van der Waals surface area contributed by atoms with Gasteiger partial charge >= 0.3 is 0 Å². The first kappa shape index (κ1) is 17.2. The topological polar surface area (TPSA) is 44.8 Å². The van der Waals surface area contributed by atoms with E-state index >= 15 is 0 Å². The van der Waals surface area contributed by atoms with E-state index in [0.29, 0.717) is 0 Å². The third-order valence-corrected chi connectivity index (χ3v) is 5.21. The number of fused-ring (bicyclic) bond motifs is 4. The first-order valence-electron chi connectivity index (χ1n) is 9.05. The first-order valence-corrected chi connectivity index (χ1v) is 9.05. The van der Waals surface area contributed by atoms with Crippen LogP contribution < -0.4 is 10.1 Å². The number of carbonyl (C=O) groups excluding carboxylic acids is 1. The van der Waals surface area contributed by atoms with Crippen LogP contribution in [-0.4, -0.2) is 67.6 Å². The van der Waals surface area contributed by atoms with Crippen LogP contribution in [0, 0.1) is 0 Å². The van der Waals surface area contributed by atoms with Crippen molar-refractivity contribution < 1.29 is 9.53 Å². The Balaban J connectivity index is 1.47. The summed E-state index contributed by atoms with van der Waals surface area (Å²) in [6, 6.07) is 8.39. The molecular weight excluding hydrogens is 302 g/mol. The summed E-state index contributed by atoms with van der Waals surface area (Å²) in [5.41, 5.74) is 1.28. The maximum absolute atomic E-state index is 12.7. The van der Waals surface area contributed by atoms with Crippen LogP contribution in [0.1, 0.15) is 25.3 Å². The molecule has 1 amide bonds. The van der Waals surface area contributed by atoms with Gasteiger partial charge in [-0.05, 0) is 50.4 Å². The number of carbonyl (C=O) groups is 1. The molecule has 0 saturated carbocycles. The average molecular weight is 331 g/mol. The molecule has 5 heteroatoms. The second-order valence-corrected chi connectivity index (χ2v) is 7.00. The Morgan fingerprint density at radius 3 is 2.79 bits per heavy atom. The summed E-state index contributed by atoms with van der Waals surface area (Å²) in [4.78, 5) is 17.4. The van der Waals surface area contributed by atoms with Gasteiger partial charge in [0, 0.05) is 32.2 Å². The van der Waals surface area contributed by atoms with E-state index in [1.165, 1.54) is 12.0 Å². The highest BCUT2D eigenvalue weighted by Gasteiger charge is 2.34. The predicted molar refractivity (Wildman–Crippen MR) is 95.3 cm³/mol. The second kappa shape index (κ2) is 7.99. The lowest BCUT2D eigenvalue weighted by molar-refractivity contribution is -0.128. The molecule has 2 unspecified atom stereocenters. The van der Waals surface area contributed by atoms with E-state index in [2.05, 4.69) is 34.2 Å². The van der Waals surface area contributed by atoms with Gasteiger partial charge in [-0.1, -0.05) is 12.1 Å². The second-order valence-electron chi connectivity index (χ2n) is 7.00. The number of amides is 1. The summed E-state index contributed by atoms with van der Waals surface area (Å²) >= 11 is 0. The van der Waals surface area contributed by atoms with Gasteiger partial charge in [-0.3, -0.25) is 14.6 Å². The van der Waals surface area contributed by atoms with Gasteiger partial charge in [0.1, 0.15) is 11.8 Å². The number of hydrogen-bond donors (Lipinski definition) is 1. The van der Waals surface area contributed by atoms with E-state index in [-0.39, 0.29) is 18.0 Å². The fourth-order valence-electron chi connectivity index (χ4n) is 3.68. The van der Waals surface area contributed by atoms with E-state index < -0.39 is 0 Å². The summed E-state index contributed by atoms with van der Waals surface area (Å²) in [6.45, 7) is 7.31. The zero-order chi connectivity index (χ0) is 16.9. The molecule has 4 atom stereocenters. The van der Waals surface area contributed by atoms with Gasteiger partial charge in [-0.15, -0.1) is 0 Å². The van der Waals surface area contributed by atoms with Crippen LogP contribution in [0.4, 0.5) is 0 Å². The molecule has 24 heavy (non-hydrogen) atoms. The highest BCUT2D eigenvalue weighted by Crippen LogP contribution is 2.16. The Morgan fingerprint density at radius 1 is 1.25 bits per heavy atom. The van der Waals surface area contributed by atoms with Crippen molar-refractivity contribution in [2.24, 2.45) is 0 Å². The molecule has 3 aliphatic rings. The molecular formula is C19H29N3O2. The maximum Gasteiger partial charge on any atom is 0.238 e. The van der Waals surface area contributed by atoms with Crippen LogP contribution in [0.2, 0.25) is 0 Å². The minimum absolute atomic E-state index is 0.0321.